The topological polar surface area (TPSA) is 60.4 Å². The van der Waals surface area contributed by atoms with Gasteiger partial charge in [0, 0.05) is 13.1 Å². The second-order valence-corrected chi connectivity index (χ2v) is 7.62. The third kappa shape index (κ3) is 2.87. The molecule has 0 saturated carbocycles. The molecule has 4 rings (SSSR count). The summed E-state index contributed by atoms with van der Waals surface area (Å²) in [4.78, 5) is 27.8. The number of thioether (sulfide) groups is 1. The number of carbonyl (C=O) groups excluding carboxylic acids is 1. The minimum atomic E-state index is -0.326. The van der Waals surface area contributed by atoms with Gasteiger partial charge in [0.2, 0.25) is 0 Å². The lowest BCUT2D eigenvalue weighted by Crippen LogP contribution is -2.33. The molecule has 3 heterocycles. The van der Waals surface area contributed by atoms with Crippen LogP contribution in [0.25, 0.3) is 11.8 Å². The van der Waals surface area contributed by atoms with E-state index in [-0.39, 0.29) is 17.2 Å². The Bertz CT molecular complexity index is 1130. The van der Waals surface area contributed by atoms with Crippen LogP contribution in [0, 0.1) is 6.92 Å². The van der Waals surface area contributed by atoms with Gasteiger partial charge >= 0.3 is 0 Å². The van der Waals surface area contributed by atoms with Crippen molar-refractivity contribution in [1.82, 2.24) is 9.36 Å². The van der Waals surface area contributed by atoms with Crippen LogP contribution < -0.4 is 10.5 Å². The van der Waals surface area contributed by atoms with Crippen LogP contribution in [0.1, 0.15) is 11.5 Å². The molecule has 2 aromatic heterocycles. The molecule has 1 aromatic carbocycles. The Balaban J connectivity index is 1.82. The average molecular weight is 397 g/mol. The van der Waals surface area contributed by atoms with Crippen molar-refractivity contribution in [2.75, 3.05) is 4.90 Å². The zero-order valence-corrected chi connectivity index (χ0v) is 16.2. The highest BCUT2D eigenvalue weighted by Gasteiger charge is 2.37. The van der Waals surface area contributed by atoms with Crippen LogP contribution in [-0.2, 0) is 11.8 Å². The van der Waals surface area contributed by atoms with Crippen LogP contribution in [0.2, 0.25) is 0 Å². The quantitative estimate of drug-likeness (QED) is 0.500. The maximum Gasteiger partial charge on any atom is 0.296 e. The Morgan fingerprint density at radius 3 is 2.52 bits per heavy atom. The molecule has 0 radical (unpaired) electrons. The molecule has 0 bridgehead atoms. The molecular formula is C19H15N3O3S2. The zero-order valence-electron chi connectivity index (χ0n) is 14.6. The fourth-order valence-electron chi connectivity index (χ4n) is 2.97. The molecule has 3 aromatic rings. The highest BCUT2D eigenvalue weighted by Crippen LogP contribution is 2.36. The van der Waals surface area contributed by atoms with E-state index in [1.54, 1.807) is 36.9 Å². The molecule has 0 atom stereocenters. The van der Waals surface area contributed by atoms with Gasteiger partial charge in [0.15, 0.2) is 4.32 Å². The number of para-hydroxylation sites is 1. The Morgan fingerprint density at radius 1 is 1.11 bits per heavy atom. The van der Waals surface area contributed by atoms with E-state index in [0.717, 1.165) is 17.4 Å². The third-order valence-electron chi connectivity index (χ3n) is 4.36. The van der Waals surface area contributed by atoms with Crippen molar-refractivity contribution >= 4 is 46.0 Å². The minimum Gasteiger partial charge on any atom is -0.465 e. The summed E-state index contributed by atoms with van der Waals surface area (Å²) in [6.45, 7) is 1.80. The normalized spacial score (nSPS) is 15.9. The molecule has 6 nitrogen and oxygen atoms in total. The first-order valence-electron chi connectivity index (χ1n) is 8.14. The van der Waals surface area contributed by atoms with Gasteiger partial charge in [-0.05, 0) is 31.2 Å². The molecule has 136 valence electrons. The Hall–Kier alpha value is -2.84. The fourth-order valence-corrected chi connectivity index (χ4v) is 4.23. The van der Waals surface area contributed by atoms with E-state index >= 15 is 0 Å². The number of carbonyl (C=O) groups is 1. The van der Waals surface area contributed by atoms with Gasteiger partial charge in [-0.3, -0.25) is 19.2 Å². The molecule has 0 aliphatic carbocycles. The zero-order chi connectivity index (χ0) is 19.1. The number of furan rings is 1. The van der Waals surface area contributed by atoms with Gasteiger partial charge in [0.25, 0.3) is 11.5 Å². The predicted octanol–water partition coefficient (Wildman–Crippen LogP) is 3.48. The standard InChI is InChI=1S/C19H15N3O3S2/c1-12-16(18(24)22(20(12)2)13-7-4-3-5-8-13)21-17(23)15(27-19(21)26)11-14-9-6-10-25-14/h3-11H,1-2H3/b15-11-. The van der Waals surface area contributed by atoms with Crippen molar-refractivity contribution < 1.29 is 9.21 Å². The lowest BCUT2D eigenvalue weighted by Gasteiger charge is -2.12. The number of amides is 1. The van der Waals surface area contributed by atoms with E-state index in [1.807, 2.05) is 30.3 Å². The number of nitrogens with zero attached hydrogens (tertiary/aromatic N) is 3. The van der Waals surface area contributed by atoms with E-state index in [0.29, 0.717) is 20.7 Å². The first-order chi connectivity index (χ1) is 13.0. The maximum atomic E-state index is 13.2. The van der Waals surface area contributed by atoms with E-state index in [4.69, 9.17) is 16.6 Å². The minimum absolute atomic E-state index is 0.270. The number of hydrogen-bond donors (Lipinski definition) is 0. The van der Waals surface area contributed by atoms with Crippen LogP contribution in [-0.4, -0.2) is 19.6 Å². The van der Waals surface area contributed by atoms with Gasteiger partial charge < -0.3 is 4.42 Å². The predicted molar refractivity (Wildman–Crippen MR) is 110 cm³/mol. The molecule has 0 unspecified atom stereocenters. The molecule has 1 aliphatic rings. The lowest BCUT2D eigenvalue weighted by molar-refractivity contribution is -0.113. The maximum absolute atomic E-state index is 13.2. The van der Waals surface area contributed by atoms with Crippen LogP contribution >= 0.6 is 24.0 Å². The van der Waals surface area contributed by atoms with Gasteiger partial charge in [-0.1, -0.05) is 42.2 Å². The number of benzene rings is 1. The Labute approximate surface area is 164 Å². The van der Waals surface area contributed by atoms with Crippen LogP contribution in [0.5, 0.6) is 0 Å². The average Bonchev–Trinajstić information content (AvgIpc) is 3.31. The van der Waals surface area contributed by atoms with Gasteiger partial charge in [0.1, 0.15) is 11.4 Å². The van der Waals surface area contributed by atoms with Crippen molar-refractivity contribution in [3.63, 3.8) is 0 Å². The number of hydrogen-bond acceptors (Lipinski definition) is 5. The van der Waals surface area contributed by atoms with Gasteiger partial charge in [-0.15, -0.1) is 0 Å². The molecule has 1 saturated heterocycles. The molecule has 27 heavy (non-hydrogen) atoms. The summed E-state index contributed by atoms with van der Waals surface area (Å²) in [6, 6.07) is 12.8. The first kappa shape index (κ1) is 17.6. The highest BCUT2D eigenvalue weighted by molar-refractivity contribution is 8.27. The van der Waals surface area contributed by atoms with E-state index in [9.17, 15) is 9.59 Å². The number of rotatable bonds is 3. The van der Waals surface area contributed by atoms with Gasteiger partial charge in [-0.2, -0.15) is 0 Å². The number of thiocarbonyl (C=S) groups is 1. The molecule has 1 fully saturated rings. The summed E-state index contributed by atoms with van der Waals surface area (Å²) in [7, 11) is 1.78. The molecule has 0 N–H and O–H groups in total. The molecule has 0 spiro atoms. The summed E-state index contributed by atoms with van der Waals surface area (Å²) >= 11 is 6.55. The van der Waals surface area contributed by atoms with Crippen molar-refractivity contribution in [3.8, 4) is 5.69 Å². The summed E-state index contributed by atoms with van der Waals surface area (Å²) in [5.74, 6) is 0.231. The second-order valence-electron chi connectivity index (χ2n) is 5.94. The molecular weight excluding hydrogens is 382 g/mol. The summed E-state index contributed by atoms with van der Waals surface area (Å²) in [6.07, 6.45) is 3.17. The van der Waals surface area contributed by atoms with Crippen LogP contribution in [0.15, 0.2) is 62.8 Å². The summed E-state index contributed by atoms with van der Waals surface area (Å²) < 4.78 is 8.85. The van der Waals surface area contributed by atoms with Crippen molar-refractivity contribution in [2.45, 2.75) is 6.92 Å². The van der Waals surface area contributed by atoms with Crippen molar-refractivity contribution in [2.24, 2.45) is 7.05 Å². The largest absolute Gasteiger partial charge is 0.465 e. The Morgan fingerprint density at radius 2 is 1.85 bits per heavy atom. The summed E-state index contributed by atoms with van der Waals surface area (Å²) in [5.41, 5.74) is 1.35. The molecule has 1 amide bonds. The van der Waals surface area contributed by atoms with E-state index in [1.165, 1.54) is 15.8 Å². The fraction of sp³-hybridized carbons (Fsp3) is 0.105. The van der Waals surface area contributed by atoms with Gasteiger partial charge in [0.05, 0.1) is 22.5 Å². The van der Waals surface area contributed by atoms with Gasteiger partial charge in [-0.25, -0.2) is 4.68 Å². The lowest BCUT2D eigenvalue weighted by atomic mass is 10.3. The van der Waals surface area contributed by atoms with Crippen LogP contribution in [0.4, 0.5) is 5.69 Å². The second kappa shape index (κ2) is 6.71. The number of aromatic nitrogens is 2. The Kier molecular flexibility index (Phi) is 4.37. The van der Waals surface area contributed by atoms with E-state index in [2.05, 4.69) is 0 Å². The monoisotopic (exact) mass is 397 g/mol. The molecule has 8 heteroatoms. The van der Waals surface area contributed by atoms with Crippen molar-refractivity contribution in [1.29, 1.82) is 0 Å². The van der Waals surface area contributed by atoms with Crippen molar-refractivity contribution in [3.05, 3.63) is 75.4 Å². The summed E-state index contributed by atoms with van der Waals surface area (Å²) in [5, 5.41) is 0. The number of anilines is 1. The van der Waals surface area contributed by atoms with Crippen LogP contribution in [0.3, 0.4) is 0 Å². The molecule has 1 aliphatic heterocycles. The SMILES string of the molecule is Cc1c(N2C(=O)/C(=C/c3ccco3)SC2=S)c(=O)n(-c2ccccc2)n1C. The third-order valence-corrected chi connectivity index (χ3v) is 5.66. The van der Waals surface area contributed by atoms with E-state index < -0.39 is 0 Å². The first-order valence-corrected chi connectivity index (χ1v) is 9.37. The smallest absolute Gasteiger partial charge is 0.296 e. The highest BCUT2D eigenvalue weighted by atomic mass is 32.2.